The normalized spacial score (nSPS) is 9.94. The molecule has 2 aromatic rings. The highest BCUT2D eigenvalue weighted by Gasteiger charge is 2.03. The van der Waals surface area contributed by atoms with Gasteiger partial charge < -0.3 is 9.84 Å². The quantitative estimate of drug-likeness (QED) is 0.818. The summed E-state index contributed by atoms with van der Waals surface area (Å²) in [7, 11) is 0. The summed E-state index contributed by atoms with van der Waals surface area (Å²) < 4.78 is 5.57. The Hall–Kier alpha value is -2.13. The Morgan fingerprint density at radius 1 is 0.941 bits per heavy atom. The molecule has 3 nitrogen and oxygen atoms in total. The number of Topliss-reactive ketones (excluding diaryl/α,β-unsaturated/α-hetero) is 1. The molecule has 0 aromatic heterocycles. The fourth-order valence-corrected chi connectivity index (χ4v) is 1.42. The zero-order valence-electron chi connectivity index (χ0n) is 9.17. The summed E-state index contributed by atoms with van der Waals surface area (Å²) in [6, 6.07) is 16.1. The molecule has 0 radical (unpaired) electrons. The summed E-state index contributed by atoms with van der Waals surface area (Å²) in [6.07, 6.45) is 0. The molecule has 0 saturated carbocycles. The van der Waals surface area contributed by atoms with Gasteiger partial charge in [0.05, 0.1) is 0 Å². The van der Waals surface area contributed by atoms with E-state index in [1.807, 2.05) is 30.3 Å². The van der Waals surface area contributed by atoms with Crippen LogP contribution in [-0.2, 0) is 0 Å². The first-order valence-electron chi connectivity index (χ1n) is 5.26. The van der Waals surface area contributed by atoms with Crippen molar-refractivity contribution in [3.63, 3.8) is 0 Å². The number of ketones is 1. The van der Waals surface area contributed by atoms with Gasteiger partial charge in [-0.25, -0.2) is 0 Å². The lowest BCUT2D eigenvalue weighted by Gasteiger charge is -2.05. The standard InChI is InChI=1S/C14H12O3/c15-10-14(16)11-6-8-13(9-7-11)17-12-4-2-1-3-5-12/h1-9,15H,10H2. The molecular weight excluding hydrogens is 216 g/mol. The summed E-state index contributed by atoms with van der Waals surface area (Å²) >= 11 is 0. The largest absolute Gasteiger partial charge is 0.457 e. The summed E-state index contributed by atoms with van der Waals surface area (Å²) in [5.41, 5.74) is 0.480. The van der Waals surface area contributed by atoms with Gasteiger partial charge in [-0.1, -0.05) is 18.2 Å². The Bertz CT molecular complexity index is 489. The van der Waals surface area contributed by atoms with Crippen molar-refractivity contribution in [1.29, 1.82) is 0 Å². The molecule has 2 aromatic carbocycles. The average Bonchev–Trinajstić information content (AvgIpc) is 2.40. The van der Waals surface area contributed by atoms with Gasteiger partial charge in [0.2, 0.25) is 0 Å². The number of hydrogen-bond acceptors (Lipinski definition) is 3. The van der Waals surface area contributed by atoms with E-state index in [2.05, 4.69) is 0 Å². The van der Waals surface area contributed by atoms with Gasteiger partial charge in [0, 0.05) is 5.56 Å². The van der Waals surface area contributed by atoms with Crippen LogP contribution in [0.15, 0.2) is 54.6 Å². The lowest BCUT2D eigenvalue weighted by atomic mass is 10.1. The second-order valence-electron chi connectivity index (χ2n) is 3.52. The van der Waals surface area contributed by atoms with Crippen molar-refractivity contribution in [2.24, 2.45) is 0 Å². The third-order valence-electron chi connectivity index (χ3n) is 2.30. The van der Waals surface area contributed by atoms with E-state index in [1.165, 1.54) is 0 Å². The van der Waals surface area contributed by atoms with E-state index >= 15 is 0 Å². The molecule has 17 heavy (non-hydrogen) atoms. The highest BCUT2D eigenvalue weighted by atomic mass is 16.5. The third kappa shape index (κ3) is 2.92. The second-order valence-corrected chi connectivity index (χ2v) is 3.52. The molecule has 3 heteroatoms. The fourth-order valence-electron chi connectivity index (χ4n) is 1.42. The fraction of sp³-hybridized carbons (Fsp3) is 0.0714. The Morgan fingerprint density at radius 2 is 1.53 bits per heavy atom. The number of rotatable bonds is 4. The van der Waals surface area contributed by atoms with Gasteiger partial charge in [-0.3, -0.25) is 4.79 Å². The maximum atomic E-state index is 11.2. The van der Waals surface area contributed by atoms with Gasteiger partial charge in [-0.15, -0.1) is 0 Å². The molecule has 0 heterocycles. The molecule has 0 amide bonds. The van der Waals surface area contributed by atoms with E-state index in [0.29, 0.717) is 11.3 Å². The molecule has 0 aliphatic rings. The topological polar surface area (TPSA) is 46.5 Å². The maximum absolute atomic E-state index is 11.2. The zero-order chi connectivity index (χ0) is 12.1. The summed E-state index contributed by atoms with van der Waals surface area (Å²) in [4.78, 5) is 11.2. The van der Waals surface area contributed by atoms with Gasteiger partial charge in [-0.05, 0) is 36.4 Å². The number of benzene rings is 2. The first-order chi connectivity index (χ1) is 8.29. The van der Waals surface area contributed by atoms with Crippen LogP contribution in [0.1, 0.15) is 10.4 Å². The molecule has 0 bridgehead atoms. The number of carbonyl (C=O) groups excluding carboxylic acids is 1. The monoisotopic (exact) mass is 228 g/mol. The molecule has 0 aliphatic carbocycles. The molecule has 0 saturated heterocycles. The number of para-hydroxylation sites is 1. The number of aliphatic hydroxyl groups is 1. The van der Waals surface area contributed by atoms with Crippen LogP contribution in [0.3, 0.4) is 0 Å². The van der Waals surface area contributed by atoms with Crippen molar-refractivity contribution in [2.75, 3.05) is 6.61 Å². The average molecular weight is 228 g/mol. The molecule has 0 aliphatic heterocycles. The van der Waals surface area contributed by atoms with E-state index in [-0.39, 0.29) is 5.78 Å². The van der Waals surface area contributed by atoms with Gasteiger partial charge in [-0.2, -0.15) is 0 Å². The van der Waals surface area contributed by atoms with E-state index < -0.39 is 6.61 Å². The first kappa shape index (κ1) is 11.4. The Morgan fingerprint density at radius 3 is 2.12 bits per heavy atom. The van der Waals surface area contributed by atoms with E-state index in [4.69, 9.17) is 9.84 Å². The van der Waals surface area contributed by atoms with Crippen molar-refractivity contribution >= 4 is 5.78 Å². The van der Waals surface area contributed by atoms with Crippen molar-refractivity contribution in [3.8, 4) is 11.5 Å². The van der Waals surface area contributed by atoms with Crippen LogP contribution in [-0.4, -0.2) is 17.5 Å². The number of aliphatic hydroxyl groups excluding tert-OH is 1. The molecule has 86 valence electrons. The van der Waals surface area contributed by atoms with Crippen LogP contribution >= 0.6 is 0 Å². The minimum Gasteiger partial charge on any atom is -0.457 e. The van der Waals surface area contributed by atoms with Gasteiger partial charge in [0.1, 0.15) is 18.1 Å². The van der Waals surface area contributed by atoms with Crippen LogP contribution in [0.25, 0.3) is 0 Å². The van der Waals surface area contributed by atoms with Crippen LogP contribution in [0.4, 0.5) is 0 Å². The predicted molar refractivity (Wildman–Crippen MR) is 64.4 cm³/mol. The maximum Gasteiger partial charge on any atom is 0.188 e. The smallest absolute Gasteiger partial charge is 0.188 e. The molecule has 0 atom stereocenters. The first-order valence-corrected chi connectivity index (χ1v) is 5.26. The van der Waals surface area contributed by atoms with E-state index in [0.717, 1.165) is 5.75 Å². The highest BCUT2D eigenvalue weighted by molar-refractivity contribution is 5.96. The van der Waals surface area contributed by atoms with Crippen molar-refractivity contribution in [1.82, 2.24) is 0 Å². The molecule has 0 unspecified atom stereocenters. The lowest BCUT2D eigenvalue weighted by Crippen LogP contribution is -2.03. The Labute approximate surface area is 99.3 Å². The molecule has 0 spiro atoms. The molecular formula is C14H12O3. The van der Waals surface area contributed by atoms with Gasteiger partial charge in [0.25, 0.3) is 0 Å². The summed E-state index contributed by atoms with van der Waals surface area (Å²) in [5.74, 6) is 1.11. The SMILES string of the molecule is O=C(CO)c1ccc(Oc2ccccc2)cc1. The minimum absolute atomic E-state index is 0.295. The summed E-state index contributed by atoms with van der Waals surface area (Å²) in [5, 5.41) is 8.71. The molecule has 0 fully saturated rings. The van der Waals surface area contributed by atoms with Gasteiger partial charge in [0.15, 0.2) is 5.78 Å². The minimum atomic E-state index is -0.473. The Kier molecular flexibility index (Phi) is 3.52. The van der Waals surface area contributed by atoms with Crippen LogP contribution < -0.4 is 4.74 Å². The molecule has 1 N–H and O–H groups in total. The highest BCUT2D eigenvalue weighted by Crippen LogP contribution is 2.21. The van der Waals surface area contributed by atoms with Gasteiger partial charge >= 0.3 is 0 Å². The van der Waals surface area contributed by atoms with Crippen molar-refractivity contribution in [3.05, 3.63) is 60.2 Å². The van der Waals surface area contributed by atoms with E-state index in [9.17, 15) is 4.79 Å². The van der Waals surface area contributed by atoms with Crippen LogP contribution in [0.2, 0.25) is 0 Å². The summed E-state index contributed by atoms with van der Waals surface area (Å²) in [6.45, 7) is -0.473. The van der Waals surface area contributed by atoms with Crippen LogP contribution in [0, 0.1) is 0 Å². The van der Waals surface area contributed by atoms with Crippen molar-refractivity contribution in [2.45, 2.75) is 0 Å². The van der Waals surface area contributed by atoms with Crippen LogP contribution in [0.5, 0.6) is 11.5 Å². The zero-order valence-corrected chi connectivity index (χ0v) is 9.17. The number of ether oxygens (including phenoxy) is 1. The number of carbonyl (C=O) groups is 1. The number of hydrogen-bond donors (Lipinski definition) is 1. The predicted octanol–water partition coefficient (Wildman–Crippen LogP) is 2.65. The molecule has 2 rings (SSSR count). The van der Waals surface area contributed by atoms with Crippen molar-refractivity contribution < 1.29 is 14.6 Å². The Balaban J connectivity index is 2.11. The second kappa shape index (κ2) is 5.27. The lowest BCUT2D eigenvalue weighted by molar-refractivity contribution is 0.0903. The van der Waals surface area contributed by atoms with E-state index in [1.54, 1.807) is 24.3 Å². The third-order valence-corrected chi connectivity index (χ3v) is 2.30.